The summed E-state index contributed by atoms with van der Waals surface area (Å²) in [5.74, 6) is 0.436. The van der Waals surface area contributed by atoms with Crippen molar-refractivity contribution in [2.75, 3.05) is 4.90 Å². The minimum atomic E-state index is 0.436. The second-order valence-electron chi connectivity index (χ2n) is 13.2. The molecule has 3 heteroatoms. The largest absolute Gasteiger partial charge is 0.311 e. The standard InChI is InChI=1S/C46H30N2S/c1-3-10-31(11-4-1)47(32-12-5-2-6-13-32)33-21-18-29(19-22-33)30-20-26-42-40(28-30)44-35-23-24-39-37-16-9-15-36-34-14-7-8-17-41(34)48(45(36)37)46(39)38(35)25-27-43(44)49-42/h1-14,16-28,36H,15H2. The molecule has 1 unspecified atom stereocenters. The molecule has 2 aliphatic rings. The van der Waals surface area contributed by atoms with Gasteiger partial charge < -0.3 is 9.47 Å². The number of hydrogen-bond acceptors (Lipinski definition) is 2. The summed E-state index contributed by atoms with van der Waals surface area (Å²) in [5, 5.41) is 6.72. The number of rotatable bonds is 4. The van der Waals surface area contributed by atoms with E-state index in [-0.39, 0.29) is 0 Å². The van der Waals surface area contributed by atoms with E-state index >= 15 is 0 Å². The lowest BCUT2D eigenvalue weighted by Gasteiger charge is -2.25. The Hall–Kier alpha value is -5.90. The van der Waals surface area contributed by atoms with Crippen LogP contribution in [0.4, 0.5) is 17.1 Å². The summed E-state index contributed by atoms with van der Waals surface area (Å²) < 4.78 is 5.25. The molecule has 230 valence electrons. The van der Waals surface area contributed by atoms with Gasteiger partial charge in [-0.3, -0.25) is 0 Å². The van der Waals surface area contributed by atoms with Crippen LogP contribution < -0.4 is 4.90 Å². The zero-order valence-corrected chi connectivity index (χ0v) is 27.5. The van der Waals surface area contributed by atoms with Crippen molar-refractivity contribution in [3.8, 4) is 16.8 Å². The molecule has 0 N–H and O–H groups in total. The van der Waals surface area contributed by atoms with Crippen LogP contribution in [-0.2, 0) is 0 Å². The molecule has 3 heterocycles. The fourth-order valence-corrected chi connectivity index (χ4v) is 9.65. The zero-order chi connectivity index (χ0) is 32.1. The Labute approximate surface area is 288 Å². The van der Waals surface area contributed by atoms with Gasteiger partial charge in [0.15, 0.2) is 0 Å². The van der Waals surface area contributed by atoms with Gasteiger partial charge in [0.2, 0.25) is 0 Å². The van der Waals surface area contributed by atoms with E-state index in [1.807, 2.05) is 11.3 Å². The van der Waals surface area contributed by atoms with E-state index in [4.69, 9.17) is 0 Å². The fourth-order valence-electron chi connectivity index (χ4n) is 8.55. The minimum absolute atomic E-state index is 0.436. The number of aromatic nitrogens is 1. The van der Waals surface area contributed by atoms with E-state index < -0.39 is 0 Å². The van der Waals surface area contributed by atoms with Crippen LogP contribution in [0, 0.1) is 0 Å². The number of fused-ring (bicyclic) bond motifs is 12. The Morgan fingerprint density at radius 1 is 0.551 bits per heavy atom. The Morgan fingerprint density at radius 2 is 1.20 bits per heavy atom. The van der Waals surface area contributed by atoms with Gasteiger partial charge in [0.1, 0.15) is 0 Å². The molecule has 0 saturated heterocycles. The third-order valence-corrected chi connectivity index (χ3v) is 11.8. The molecule has 9 aromatic rings. The summed E-state index contributed by atoms with van der Waals surface area (Å²) in [5.41, 5.74) is 12.9. The van der Waals surface area contributed by atoms with Crippen molar-refractivity contribution in [3.05, 3.63) is 175 Å². The molecule has 1 aliphatic heterocycles. The molecule has 0 fully saturated rings. The molecule has 2 nitrogen and oxygen atoms in total. The lowest BCUT2D eigenvalue weighted by molar-refractivity contribution is 0.820. The lowest BCUT2D eigenvalue weighted by atomic mass is 9.87. The van der Waals surface area contributed by atoms with Crippen molar-refractivity contribution >= 4 is 76.3 Å². The number of allylic oxidation sites excluding steroid dienone is 1. The zero-order valence-electron chi connectivity index (χ0n) is 26.7. The molecule has 0 bridgehead atoms. The Morgan fingerprint density at radius 3 is 2.00 bits per heavy atom. The first-order valence-electron chi connectivity index (χ1n) is 17.0. The first kappa shape index (κ1) is 27.1. The molecule has 7 aromatic carbocycles. The average molecular weight is 643 g/mol. The van der Waals surface area contributed by atoms with Crippen molar-refractivity contribution in [1.82, 2.24) is 4.57 Å². The van der Waals surface area contributed by atoms with E-state index in [1.165, 1.54) is 75.5 Å². The number of anilines is 3. The van der Waals surface area contributed by atoms with E-state index in [9.17, 15) is 0 Å². The number of hydrogen-bond donors (Lipinski definition) is 0. The van der Waals surface area contributed by atoms with Crippen LogP contribution in [0.1, 0.15) is 29.2 Å². The molecule has 0 radical (unpaired) electrons. The Balaban J connectivity index is 1.07. The topological polar surface area (TPSA) is 8.17 Å². The lowest BCUT2D eigenvalue weighted by Crippen LogP contribution is -2.09. The molecule has 49 heavy (non-hydrogen) atoms. The number of nitrogens with zero attached hydrogens (tertiary/aromatic N) is 2. The minimum Gasteiger partial charge on any atom is -0.311 e. The van der Waals surface area contributed by atoms with Gasteiger partial charge in [-0.15, -0.1) is 11.3 Å². The molecular weight excluding hydrogens is 613 g/mol. The number of para-hydroxylation sites is 3. The quantitative estimate of drug-likeness (QED) is 0.185. The second kappa shape index (κ2) is 10.3. The predicted molar refractivity (Wildman–Crippen MR) is 209 cm³/mol. The van der Waals surface area contributed by atoms with E-state index in [0.717, 1.165) is 23.5 Å². The van der Waals surface area contributed by atoms with Gasteiger partial charge in [0.25, 0.3) is 0 Å². The molecule has 0 saturated carbocycles. The third-order valence-electron chi connectivity index (χ3n) is 10.7. The molecule has 0 amide bonds. The van der Waals surface area contributed by atoms with Crippen LogP contribution in [0.2, 0.25) is 0 Å². The first-order valence-corrected chi connectivity index (χ1v) is 17.9. The monoisotopic (exact) mass is 642 g/mol. The molecule has 1 aliphatic carbocycles. The SMILES string of the molecule is C1=Cc2c3n(c4c2ccc2c4ccc4sc5ccc(-c6ccc(N(c7ccccc7)c7ccccc7)cc6)cc5c42)-c2ccccc2C3C1. The second-order valence-corrected chi connectivity index (χ2v) is 14.3. The summed E-state index contributed by atoms with van der Waals surface area (Å²) in [7, 11) is 0. The third kappa shape index (κ3) is 3.88. The van der Waals surface area contributed by atoms with Crippen molar-refractivity contribution in [2.45, 2.75) is 12.3 Å². The molecule has 11 rings (SSSR count). The van der Waals surface area contributed by atoms with E-state index in [2.05, 4.69) is 173 Å². The van der Waals surface area contributed by atoms with Crippen molar-refractivity contribution in [2.24, 2.45) is 0 Å². The van der Waals surface area contributed by atoms with Gasteiger partial charge in [-0.1, -0.05) is 103 Å². The molecule has 2 aromatic heterocycles. The smallest absolute Gasteiger partial charge is 0.0616 e. The van der Waals surface area contributed by atoms with Crippen molar-refractivity contribution in [3.63, 3.8) is 0 Å². The summed E-state index contributed by atoms with van der Waals surface area (Å²) in [6.45, 7) is 0. The normalized spacial score (nSPS) is 14.6. The van der Waals surface area contributed by atoms with Crippen LogP contribution in [0.5, 0.6) is 0 Å². The maximum atomic E-state index is 2.58. The number of benzene rings is 7. The van der Waals surface area contributed by atoms with E-state index in [1.54, 1.807) is 0 Å². The Bertz CT molecular complexity index is 2750. The molecular formula is C46H30N2S. The average Bonchev–Trinajstić information content (AvgIpc) is 3.83. The Kier molecular flexibility index (Phi) is 5.69. The fraction of sp³-hybridized carbons (Fsp3) is 0.0435. The highest BCUT2D eigenvalue weighted by Crippen LogP contribution is 2.51. The summed E-state index contributed by atoms with van der Waals surface area (Å²) in [6.07, 6.45) is 5.79. The summed E-state index contributed by atoms with van der Waals surface area (Å²) >= 11 is 1.90. The van der Waals surface area contributed by atoms with Crippen LogP contribution in [-0.4, -0.2) is 4.57 Å². The van der Waals surface area contributed by atoms with E-state index in [0.29, 0.717) is 5.92 Å². The van der Waals surface area contributed by atoms with Crippen molar-refractivity contribution in [1.29, 1.82) is 0 Å². The van der Waals surface area contributed by atoms with Crippen LogP contribution >= 0.6 is 11.3 Å². The first-order chi connectivity index (χ1) is 24.3. The summed E-state index contributed by atoms with van der Waals surface area (Å²) in [4.78, 5) is 2.31. The van der Waals surface area contributed by atoms with Gasteiger partial charge in [-0.05, 0) is 89.2 Å². The predicted octanol–water partition coefficient (Wildman–Crippen LogP) is 13.2. The van der Waals surface area contributed by atoms with Crippen LogP contribution in [0.3, 0.4) is 0 Å². The highest BCUT2D eigenvalue weighted by atomic mass is 32.1. The van der Waals surface area contributed by atoms with Crippen LogP contribution in [0.15, 0.2) is 158 Å². The maximum absolute atomic E-state index is 2.58. The van der Waals surface area contributed by atoms with Gasteiger partial charge in [0, 0.05) is 70.9 Å². The van der Waals surface area contributed by atoms with Gasteiger partial charge in [0.05, 0.1) is 5.52 Å². The van der Waals surface area contributed by atoms with Gasteiger partial charge >= 0.3 is 0 Å². The van der Waals surface area contributed by atoms with Crippen molar-refractivity contribution < 1.29 is 0 Å². The maximum Gasteiger partial charge on any atom is 0.0616 e. The van der Waals surface area contributed by atoms with Gasteiger partial charge in [-0.25, -0.2) is 0 Å². The number of thiophene rings is 1. The highest BCUT2D eigenvalue weighted by molar-refractivity contribution is 7.26. The van der Waals surface area contributed by atoms with Crippen LogP contribution in [0.25, 0.3) is 64.7 Å². The summed E-state index contributed by atoms with van der Waals surface area (Å²) in [6, 6.07) is 55.7. The molecule has 1 atom stereocenters. The molecule has 0 spiro atoms. The van der Waals surface area contributed by atoms with Gasteiger partial charge in [-0.2, -0.15) is 0 Å². The highest BCUT2D eigenvalue weighted by Gasteiger charge is 2.35.